The molecule has 1 aromatic rings. The first-order valence-electron chi connectivity index (χ1n) is 5.21. The molecule has 0 aliphatic heterocycles. The largest absolute Gasteiger partial charge is 0.337 e. The van der Waals surface area contributed by atoms with Crippen LogP contribution in [0.2, 0.25) is 0 Å². The van der Waals surface area contributed by atoms with Crippen LogP contribution in [-0.2, 0) is 0 Å². The summed E-state index contributed by atoms with van der Waals surface area (Å²) < 4.78 is 13.4. The molecule has 1 heterocycles. The molecule has 0 aromatic carbocycles. The Morgan fingerprint density at radius 3 is 2.76 bits per heavy atom. The molecule has 0 bridgehead atoms. The second-order valence-electron chi connectivity index (χ2n) is 4.02. The van der Waals surface area contributed by atoms with Crippen molar-refractivity contribution in [2.24, 2.45) is 5.92 Å². The quantitative estimate of drug-likeness (QED) is 0.799. The fourth-order valence-electron chi connectivity index (χ4n) is 1.15. The number of nitrogens with one attached hydrogen (secondary N) is 2. The highest BCUT2D eigenvalue weighted by Gasteiger charge is 2.10. The average molecular weight is 243 g/mol. The number of rotatable bonds is 3. The van der Waals surface area contributed by atoms with Crippen LogP contribution >= 0.6 is 0 Å². The molecule has 0 aliphatic rings. The van der Waals surface area contributed by atoms with Gasteiger partial charge in [-0.05, 0) is 12.3 Å². The molecule has 94 valence electrons. The van der Waals surface area contributed by atoms with Gasteiger partial charge in [0.05, 0.1) is 6.20 Å². The molecule has 17 heavy (non-hydrogen) atoms. The molecule has 6 nitrogen and oxygen atoms in total. The number of hydrogen-bond acceptors (Lipinski definition) is 3. The molecule has 1 amide bonds. The summed E-state index contributed by atoms with van der Waals surface area (Å²) in [4.78, 5) is 35.1. The number of H-pyrrole nitrogens is 1. The van der Waals surface area contributed by atoms with E-state index in [0.29, 0.717) is 23.2 Å². The zero-order chi connectivity index (χ0) is 13.0. The van der Waals surface area contributed by atoms with E-state index < -0.39 is 23.1 Å². The zero-order valence-electron chi connectivity index (χ0n) is 9.62. The van der Waals surface area contributed by atoms with E-state index in [9.17, 15) is 18.8 Å². The first-order valence-corrected chi connectivity index (χ1v) is 5.21. The first-order chi connectivity index (χ1) is 7.91. The second kappa shape index (κ2) is 5.42. The van der Waals surface area contributed by atoms with E-state index in [0.717, 1.165) is 6.42 Å². The number of hydrogen-bond donors (Lipinski definition) is 2. The number of halogens is 1. The van der Waals surface area contributed by atoms with Gasteiger partial charge in [-0.15, -0.1) is 0 Å². The average Bonchev–Trinajstić information content (AvgIpc) is 2.22. The third kappa shape index (κ3) is 3.54. The smallest absolute Gasteiger partial charge is 0.336 e. The monoisotopic (exact) mass is 243 g/mol. The summed E-state index contributed by atoms with van der Waals surface area (Å²) in [6, 6.07) is -0.759. The molecule has 0 saturated carbocycles. The van der Waals surface area contributed by atoms with Crippen molar-refractivity contribution in [1.29, 1.82) is 0 Å². The minimum atomic E-state index is -1.18. The first kappa shape index (κ1) is 13.1. The third-order valence-electron chi connectivity index (χ3n) is 2.12. The lowest BCUT2D eigenvalue weighted by atomic mass is 10.1. The molecule has 1 rings (SSSR count). The summed E-state index contributed by atoms with van der Waals surface area (Å²) >= 11 is 0. The van der Waals surface area contributed by atoms with Crippen LogP contribution in [0.1, 0.15) is 20.3 Å². The fraction of sp³-hybridized carbons (Fsp3) is 0.500. The SMILES string of the molecule is CC(C)CCNC(=O)n1cc(F)c(=O)[nH]c1=O. The van der Waals surface area contributed by atoms with Crippen LogP contribution in [0, 0.1) is 11.7 Å². The topological polar surface area (TPSA) is 84.0 Å². The van der Waals surface area contributed by atoms with Crippen molar-refractivity contribution < 1.29 is 9.18 Å². The van der Waals surface area contributed by atoms with Crippen molar-refractivity contribution in [2.45, 2.75) is 20.3 Å². The molecule has 0 radical (unpaired) electrons. The molecule has 2 N–H and O–H groups in total. The number of carbonyl (C=O) groups is 1. The van der Waals surface area contributed by atoms with Gasteiger partial charge in [0.25, 0.3) is 5.56 Å². The fourth-order valence-corrected chi connectivity index (χ4v) is 1.15. The van der Waals surface area contributed by atoms with Crippen LogP contribution in [0.4, 0.5) is 9.18 Å². The summed E-state index contributed by atoms with van der Waals surface area (Å²) in [6.07, 6.45) is 1.32. The summed E-state index contributed by atoms with van der Waals surface area (Å²) in [7, 11) is 0. The van der Waals surface area contributed by atoms with Gasteiger partial charge in [-0.25, -0.2) is 14.2 Å². The highest BCUT2D eigenvalue weighted by atomic mass is 19.1. The van der Waals surface area contributed by atoms with E-state index in [4.69, 9.17) is 0 Å². The molecule has 0 atom stereocenters. The van der Waals surface area contributed by atoms with Gasteiger partial charge in [0, 0.05) is 6.54 Å². The van der Waals surface area contributed by atoms with Crippen molar-refractivity contribution in [1.82, 2.24) is 14.9 Å². The van der Waals surface area contributed by atoms with Gasteiger partial charge < -0.3 is 5.32 Å². The van der Waals surface area contributed by atoms with Crippen molar-refractivity contribution in [3.8, 4) is 0 Å². The predicted molar refractivity (Wildman–Crippen MR) is 59.5 cm³/mol. The Hall–Kier alpha value is -1.92. The van der Waals surface area contributed by atoms with E-state index in [1.165, 1.54) is 0 Å². The number of amides is 1. The number of aromatic amines is 1. The molecule has 7 heteroatoms. The van der Waals surface area contributed by atoms with Gasteiger partial charge in [-0.1, -0.05) is 13.8 Å². The number of carbonyl (C=O) groups excluding carboxylic acids is 1. The Kier molecular flexibility index (Phi) is 4.19. The Balaban J connectivity index is 2.79. The van der Waals surface area contributed by atoms with Crippen molar-refractivity contribution in [3.63, 3.8) is 0 Å². The normalized spacial score (nSPS) is 10.6. The van der Waals surface area contributed by atoms with Crippen LogP contribution < -0.4 is 16.6 Å². The second-order valence-corrected chi connectivity index (χ2v) is 4.02. The highest BCUT2D eigenvalue weighted by molar-refractivity contribution is 5.76. The van der Waals surface area contributed by atoms with Gasteiger partial charge in [0.1, 0.15) is 0 Å². The van der Waals surface area contributed by atoms with E-state index in [2.05, 4.69) is 5.32 Å². The molecular weight excluding hydrogens is 229 g/mol. The van der Waals surface area contributed by atoms with Gasteiger partial charge in [0.2, 0.25) is 5.82 Å². The van der Waals surface area contributed by atoms with Crippen LogP contribution in [0.3, 0.4) is 0 Å². The summed E-state index contributed by atoms with van der Waals surface area (Å²) in [5, 5.41) is 2.45. The van der Waals surface area contributed by atoms with Gasteiger partial charge >= 0.3 is 11.7 Å². The summed E-state index contributed by atoms with van der Waals surface area (Å²) in [6.45, 7) is 4.35. The Morgan fingerprint density at radius 1 is 1.53 bits per heavy atom. The molecular formula is C10H14FN3O3. The van der Waals surface area contributed by atoms with Crippen LogP contribution in [0.15, 0.2) is 15.8 Å². The molecule has 0 aliphatic carbocycles. The Labute approximate surface area is 96.5 Å². The van der Waals surface area contributed by atoms with Crippen molar-refractivity contribution in [2.75, 3.05) is 6.54 Å². The maximum absolute atomic E-state index is 12.9. The zero-order valence-corrected chi connectivity index (χ0v) is 9.62. The van der Waals surface area contributed by atoms with Crippen LogP contribution in [0.5, 0.6) is 0 Å². The van der Waals surface area contributed by atoms with Gasteiger partial charge in [-0.2, -0.15) is 4.39 Å². The lowest BCUT2D eigenvalue weighted by Crippen LogP contribution is -2.41. The van der Waals surface area contributed by atoms with Crippen LogP contribution in [-0.4, -0.2) is 22.1 Å². The molecule has 0 unspecified atom stereocenters. The minimum Gasteiger partial charge on any atom is -0.337 e. The summed E-state index contributed by atoms with van der Waals surface area (Å²) in [5.74, 6) is -0.775. The van der Waals surface area contributed by atoms with Crippen molar-refractivity contribution in [3.05, 3.63) is 32.9 Å². The predicted octanol–water partition coefficient (Wildman–Crippen LogP) is 0.279. The lowest BCUT2D eigenvalue weighted by Gasteiger charge is -2.07. The van der Waals surface area contributed by atoms with Gasteiger partial charge in [0.15, 0.2) is 0 Å². The number of aromatic nitrogens is 2. The van der Waals surface area contributed by atoms with E-state index in [-0.39, 0.29) is 0 Å². The maximum atomic E-state index is 12.9. The number of nitrogens with zero attached hydrogens (tertiary/aromatic N) is 1. The lowest BCUT2D eigenvalue weighted by molar-refractivity contribution is 0.240. The third-order valence-corrected chi connectivity index (χ3v) is 2.12. The highest BCUT2D eigenvalue weighted by Crippen LogP contribution is 1.96. The van der Waals surface area contributed by atoms with E-state index in [1.54, 1.807) is 4.98 Å². The Bertz CT molecular complexity index is 518. The van der Waals surface area contributed by atoms with E-state index in [1.807, 2.05) is 13.8 Å². The molecule has 0 saturated heterocycles. The van der Waals surface area contributed by atoms with E-state index >= 15 is 0 Å². The van der Waals surface area contributed by atoms with Crippen molar-refractivity contribution >= 4 is 6.03 Å². The van der Waals surface area contributed by atoms with Gasteiger partial charge in [-0.3, -0.25) is 9.78 Å². The standard InChI is InChI=1S/C10H14FN3O3/c1-6(2)3-4-12-9(16)14-5-7(11)8(15)13-10(14)17/h5-6H,3-4H2,1-2H3,(H,12,16)(H,13,15,17). The Morgan fingerprint density at radius 2 is 2.18 bits per heavy atom. The molecule has 0 spiro atoms. The maximum Gasteiger partial charge on any atom is 0.336 e. The molecule has 1 aromatic heterocycles. The van der Waals surface area contributed by atoms with Crippen LogP contribution in [0.25, 0.3) is 0 Å². The molecule has 0 fully saturated rings. The summed E-state index contributed by atoms with van der Waals surface area (Å²) in [5.41, 5.74) is -2.10. The minimum absolute atomic E-state index is 0.379.